The molecule has 12 rings (SSSR count). The molecule has 0 bridgehead atoms. The molecule has 0 spiro atoms. The fraction of sp³-hybridized carbons (Fsp3) is 0.130. The molecule has 10 aromatic rings. The van der Waals surface area contributed by atoms with Gasteiger partial charge in [-0.3, -0.25) is 0 Å². The Morgan fingerprint density at radius 3 is 1.83 bits per heavy atom. The van der Waals surface area contributed by atoms with E-state index in [1.165, 1.54) is 49.9 Å². The van der Waals surface area contributed by atoms with Crippen molar-refractivity contribution in [3.63, 3.8) is 0 Å². The molecule has 254 valence electrons. The standard InChI is InChI=1S/C46H34N6O/c1-2-8-31(9-3-1)51-39-13-5-4-10-33(39)36-26-29(14-17-40(36)51)30-15-18-41-37(27-30)38-28-32(16-19-42(38)53-41)52-43-34(11-6-22-49-24-20-47-45(43)49)35-12-7-23-50-25-21-48-46(50)44(35)52/h1-5,8-10,13-21,24-28H,6-7,11-12,22-23H2. The summed E-state index contributed by atoms with van der Waals surface area (Å²) in [5.41, 5.74) is 14.0. The van der Waals surface area contributed by atoms with E-state index in [-0.39, 0.29) is 0 Å². The van der Waals surface area contributed by atoms with Gasteiger partial charge in [0.05, 0.1) is 22.4 Å². The van der Waals surface area contributed by atoms with Crippen molar-refractivity contribution in [2.45, 2.75) is 38.8 Å². The molecule has 53 heavy (non-hydrogen) atoms. The Hall–Kier alpha value is -6.60. The normalized spacial score (nSPS) is 14.0. The highest BCUT2D eigenvalue weighted by molar-refractivity contribution is 6.11. The molecule has 2 aliphatic heterocycles. The third-order valence-electron chi connectivity index (χ3n) is 11.6. The lowest BCUT2D eigenvalue weighted by atomic mass is 10.0. The third-order valence-corrected chi connectivity index (χ3v) is 11.6. The zero-order valence-electron chi connectivity index (χ0n) is 29.0. The Bertz CT molecular complexity index is 3010. The lowest BCUT2D eigenvalue weighted by Gasteiger charge is -2.15. The number of rotatable bonds is 3. The lowest BCUT2D eigenvalue weighted by molar-refractivity contribution is 0.650. The fourth-order valence-corrected chi connectivity index (χ4v) is 9.29. The topological polar surface area (TPSA) is 58.6 Å². The van der Waals surface area contributed by atoms with Gasteiger partial charge in [0.25, 0.3) is 0 Å². The van der Waals surface area contributed by atoms with Crippen LogP contribution in [0.3, 0.4) is 0 Å². The summed E-state index contributed by atoms with van der Waals surface area (Å²) >= 11 is 0. The number of benzene rings is 5. The van der Waals surface area contributed by atoms with Gasteiger partial charge >= 0.3 is 0 Å². The van der Waals surface area contributed by atoms with Gasteiger partial charge in [-0.1, -0.05) is 48.5 Å². The number of hydrogen-bond donors (Lipinski definition) is 0. The second-order valence-corrected chi connectivity index (χ2v) is 14.5. The van der Waals surface area contributed by atoms with E-state index in [9.17, 15) is 0 Å². The number of imidazole rings is 2. The maximum Gasteiger partial charge on any atom is 0.157 e. The molecule has 5 aromatic heterocycles. The highest BCUT2D eigenvalue weighted by Gasteiger charge is 2.32. The van der Waals surface area contributed by atoms with Gasteiger partial charge in [0, 0.05) is 70.8 Å². The van der Waals surface area contributed by atoms with E-state index in [1.54, 1.807) is 0 Å². The lowest BCUT2D eigenvalue weighted by Crippen LogP contribution is -2.06. The van der Waals surface area contributed by atoms with Gasteiger partial charge in [0.15, 0.2) is 11.6 Å². The van der Waals surface area contributed by atoms with Crippen LogP contribution >= 0.6 is 0 Å². The molecule has 5 aromatic carbocycles. The van der Waals surface area contributed by atoms with E-state index in [4.69, 9.17) is 14.4 Å². The summed E-state index contributed by atoms with van der Waals surface area (Å²) in [6.07, 6.45) is 12.4. The molecular formula is C46H34N6O. The minimum absolute atomic E-state index is 0.884. The summed E-state index contributed by atoms with van der Waals surface area (Å²) in [6.45, 7) is 1.94. The minimum atomic E-state index is 0.884. The van der Waals surface area contributed by atoms with Crippen LogP contribution in [0, 0.1) is 0 Å². The molecule has 7 nitrogen and oxygen atoms in total. The number of aromatic nitrogens is 6. The Kier molecular flexibility index (Phi) is 6.00. The van der Waals surface area contributed by atoms with E-state index < -0.39 is 0 Å². The largest absolute Gasteiger partial charge is 0.456 e. The van der Waals surface area contributed by atoms with Crippen LogP contribution in [0.4, 0.5) is 0 Å². The smallest absolute Gasteiger partial charge is 0.157 e. The van der Waals surface area contributed by atoms with Crippen LogP contribution in [-0.2, 0) is 25.9 Å². The second kappa shape index (κ2) is 11.0. The maximum absolute atomic E-state index is 6.50. The van der Waals surface area contributed by atoms with Crippen molar-refractivity contribution in [3.8, 4) is 45.5 Å². The SMILES string of the molecule is c1ccc(-n2c3ccccc3c3cc(-c4ccc5oc6ccc(-n7c8c(c9c7-c7nccn7CCC9)CCCn7ccnc7-8)cc6c5c4)ccc32)cc1. The van der Waals surface area contributed by atoms with Crippen molar-refractivity contribution in [1.82, 2.24) is 28.2 Å². The first-order chi connectivity index (χ1) is 26.3. The number of fused-ring (bicyclic) bond motifs is 13. The quantitative estimate of drug-likeness (QED) is 0.186. The number of furan rings is 1. The molecule has 0 aliphatic carbocycles. The highest BCUT2D eigenvalue weighted by Crippen LogP contribution is 2.44. The molecule has 0 saturated carbocycles. The van der Waals surface area contributed by atoms with Gasteiger partial charge in [-0.15, -0.1) is 0 Å². The van der Waals surface area contributed by atoms with Gasteiger partial charge in [0.1, 0.15) is 11.2 Å². The van der Waals surface area contributed by atoms with Crippen molar-refractivity contribution in [2.24, 2.45) is 0 Å². The first kappa shape index (κ1) is 29.0. The number of aryl methyl sites for hydroxylation is 2. The number of nitrogens with zero attached hydrogens (tertiary/aromatic N) is 6. The Balaban J connectivity index is 1.06. The van der Waals surface area contributed by atoms with Crippen molar-refractivity contribution >= 4 is 43.7 Å². The van der Waals surface area contributed by atoms with Crippen molar-refractivity contribution in [1.29, 1.82) is 0 Å². The summed E-state index contributed by atoms with van der Waals surface area (Å²) in [4.78, 5) is 9.91. The molecule has 0 atom stereocenters. The summed E-state index contributed by atoms with van der Waals surface area (Å²) in [5.74, 6) is 2.07. The monoisotopic (exact) mass is 686 g/mol. The Morgan fingerprint density at radius 2 is 1.09 bits per heavy atom. The van der Waals surface area contributed by atoms with Gasteiger partial charge in [-0.2, -0.15) is 0 Å². The van der Waals surface area contributed by atoms with Crippen molar-refractivity contribution in [2.75, 3.05) is 0 Å². The summed E-state index contributed by atoms with van der Waals surface area (Å²) in [7, 11) is 0. The van der Waals surface area contributed by atoms with Crippen molar-refractivity contribution < 1.29 is 4.42 Å². The van der Waals surface area contributed by atoms with E-state index in [0.717, 1.165) is 89.3 Å². The van der Waals surface area contributed by atoms with Crippen LogP contribution in [0.5, 0.6) is 0 Å². The molecular weight excluding hydrogens is 653 g/mol. The second-order valence-electron chi connectivity index (χ2n) is 14.5. The van der Waals surface area contributed by atoms with E-state index in [1.807, 2.05) is 12.4 Å². The van der Waals surface area contributed by atoms with E-state index >= 15 is 0 Å². The average molecular weight is 687 g/mol. The third kappa shape index (κ3) is 4.16. The average Bonchev–Trinajstić information content (AvgIpc) is 4.01. The summed E-state index contributed by atoms with van der Waals surface area (Å²) < 4.78 is 16.0. The molecule has 7 heterocycles. The van der Waals surface area contributed by atoms with E-state index in [0.29, 0.717) is 0 Å². The van der Waals surface area contributed by atoms with Crippen LogP contribution < -0.4 is 0 Å². The summed E-state index contributed by atoms with van der Waals surface area (Å²) in [5, 5.41) is 4.70. The van der Waals surface area contributed by atoms with Crippen molar-refractivity contribution in [3.05, 3.63) is 145 Å². The van der Waals surface area contributed by atoms with Gasteiger partial charge in [-0.05, 0) is 109 Å². The van der Waals surface area contributed by atoms with Gasteiger partial charge in [0.2, 0.25) is 0 Å². The zero-order chi connectivity index (χ0) is 34.6. The van der Waals surface area contributed by atoms with Crippen LogP contribution in [0.15, 0.2) is 138 Å². The van der Waals surface area contributed by atoms with Gasteiger partial charge in [-0.25, -0.2) is 9.97 Å². The van der Waals surface area contributed by atoms with Crippen LogP contribution in [0.1, 0.15) is 24.0 Å². The maximum atomic E-state index is 6.50. The van der Waals surface area contributed by atoms with E-state index in [2.05, 4.69) is 140 Å². The predicted molar refractivity (Wildman–Crippen MR) is 212 cm³/mol. The zero-order valence-corrected chi connectivity index (χ0v) is 29.0. The first-order valence-corrected chi connectivity index (χ1v) is 18.6. The number of hydrogen-bond acceptors (Lipinski definition) is 3. The summed E-state index contributed by atoms with van der Waals surface area (Å²) in [6, 6.07) is 39.5. The molecule has 0 radical (unpaired) electrons. The minimum Gasteiger partial charge on any atom is -0.456 e. The molecule has 0 unspecified atom stereocenters. The molecule has 0 amide bonds. The Morgan fingerprint density at radius 1 is 0.491 bits per heavy atom. The predicted octanol–water partition coefficient (Wildman–Crippen LogP) is 10.8. The highest BCUT2D eigenvalue weighted by atomic mass is 16.3. The number of para-hydroxylation sites is 2. The van der Waals surface area contributed by atoms with Crippen LogP contribution in [0.2, 0.25) is 0 Å². The molecule has 0 saturated heterocycles. The fourth-order valence-electron chi connectivity index (χ4n) is 9.29. The molecule has 0 fully saturated rings. The Labute approximate surface area is 305 Å². The van der Waals surface area contributed by atoms with Gasteiger partial charge < -0.3 is 22.7 Å². The van der Waals surface area contributed by atoms with Crippen LogP contribution in [-0.4, -0.2) is 28.2 Å². The molecule has 7 heteroatoms. The molecule has 2 aliphatic rings. The molecule has 0 N–H and O–H groups in total. The van der Waals surface area contributed by atoms with Crippen LogP contribution in [0.25, 0.3) is 89.3 Å². The first-order valence-electron chi connectivity index (χ1n) is 18.6.